The second-order valence-electron chi connectivity index (χ2n) is 6.85. The van der Waals surface area contributed by atoms with Crippen LogP contribution in [0.3, 0.4) is 0 Å². The Balaban J connectivity index is 1.96. The van der Waals surface area contributed by atoms with Crippen molar-refractivity contribution in [1.29, 1.82) is 0 Å². The molecule has 0 bridgehead atoms. The van der Waals surface area contributed by atoms with Crippen molar-refractivity contribution in [1.82, 2.24) is 5.48 Å². The van der Waals surface area contributed by atoms with Crippen molar-refractivity contribution in [3.8, 4) is 11.5 Å². The first kappa shape index (κ1) is 16.1. The SMILES string of the molecule is CCOC(=O)C1CCC2(C=C(C#C[Si](C)(C)C)NO2)CC1. The zero-order valence-corrected chi connectivity index (χ0v) is 14.4. The fourth-order valence-corrected chi connectivity index (χ4v) is 3.15. The molecular weight excluding hydrogens is 282 g/mol. The summed E-state index contributed by atoms with van der Waals surface area (Å²) < 4.78 is 5.10. The summed E-state index contributed by atoms with van der Waals surface area (Å²) in [5, 5.41) is 0. The number of nitrogens with one attached hydrogen (secondary N) is 1. The van der Waals surface area contributed by atoms with Gasteiger partial charge in [0.25, 0.3) is 0 Å². The van der Waals surface area contributed by atoms with Gasteiger partial charge in [-0.15, -0.1) is 5.54 Å². The van der Waals surface area contributed by atoms with E-state index in [1.165, 1.54) is 0 Å². The first-order chi connectivity index (χ1) is 9.84. The van der Waals surface area contributed by atoms with Crippen LogP contribution in [0.5, 0.6) is 0 Å². The van der Waals surface area contributed by atoms with Gasteiger partial charge in [0.2, 0.25) is 0 Å². The quantitative estimate of drug-likeness (QED) is 0.484. The predicted molar refractivity (Wildman–Crippen MR) is 84.7 cm³/mol. The number of allylic oxidation sites excluding steroid dienone is 1. The molecule has 2 rings (SSSR count). The molecule has 0 amide bonds. The summed E-state index contributed by atoms with van der Waals surface area (Å²) in [4.78, 5) is 17.5. The molecule has 1 aliphatic heterocycles. The molecule has 0 aromatic rings. The van der Waals surface area contributed by atoms with Crippen molar-refractivity contribution >= 4 is 14.0 Å². The number of hydrogen-bond acceptors (Lipinski definition) is 4. The Kier molecular flexibility index (Phi) is 4.80. The second-order valence-corrected chi connectivity index (χ2v) is 11.6. The fraction of sp³-hybridized carbons (Fsp3) is 0.688. The molecule has 0 unspecified atom stereocenters. The van der Waals surface area contributed by atoms with Crippen molar-refractivity contribution in [2.75, 3.05) is 6.61 Å². The lowest BCUT2D eigenvalue weighted by Crippen LogP contribution is -2.37. The minimum Gasteiger partial charge on any atom is -0.466 e. The highest BCUT2D eigenvalue weighted by Crippen LogP contribution is 2.38. The standard InChI is InChI=1S/C16H25NO3Si/c1-5-19-15(18)13-6-9-16(10-7-13)12-14(17-20-16)8-11-21(2,3)4/h12-13,17H,5-7,9-10H2,1-4H3. The van der Waals surface area contributed by atoms with Crippen LogP contribution in [-0.2, 0) is 14.4 Å². The lowest BCUT2D eigenvalue weighted by Gasteiger charge is -2.33. The smallest absolute Gasteiger partial charge is 0.308 e. The van der Waals surface area contributed by atoms with Crippen LogP contribution < -0.4 is 5.48 Å². The molecule has 0 atom stereocenters. The molecule has 2 aliphatic rings. The monoisotopic (exact) mass is 307 g/mol. The van der Waals surface area contributed by atoms with E-state index in [-0.39, 0.29) is 17.5 Å². The van der Waals surface area contributed by atoms with E-state index in [9.17, 15) is 4.79 Å². The number of carbonyl (C=O) groups excluding carboxylic acids is 1. The van der Waals surface area contributed by atoms with E-state index in [4.69, 9.17) is 9.57 Å². The second kappa shape index (κ2) is 6.25. The van der Waals surface area contributed by atoms with Crippen LogP contribution in [-0.4, -0.2) is 26.3 Å². The lowest BCUT2D eigenvalue weighted by molar-refractivity contribution is -0.151. The summed E-state index contributed by atoms with van der Waals surface area (Å²) in [6.45, 7) is 8.96. The zero-order chi connectivity index (χ0) is 15.5. The molecule has 1 heterocycles. The van der Waals surface area contributed by atoms with Crippen LogP contribution in [0.25, 0.3) is 0 Å². The molecule has 0 radical (unpaired) electrons. The van der Waals surface area contributed by atoms with Crippen LogP contribution in [0.2, 0.25) is 19.6 Å². The average molecular weight is 307 g/mol. The third kappa shape index (κ3) is 4.35. The molecule has 1 spiro atoms. The van der Waals surface area contributed by atoms with E-state index in [0.717, 1.165) is 31.4 Å². The van der Waals surface area contributed by atoms with Gasteiger partial charge in [-0.05, 0) is 38.7 Å². The Bertz CT molecular complexity index is 488. The van der Waals surface area contributed by atoms with Gasteiger partial charge in [0.1, 0.15) is 19.4 Å². The van der Waals surface area contributed by atoms with E-state index < -0.39 is 8.07 Å². The van der Waals surface area contributed by atoms with Crippen LogP contribution in [0, 0.1) is 17.4 Å². The third-order valence-corrected chi connectivity index (χ3v) is 4.67. The molecule has 0 aromatic heterocycles. The number of carbonyl (C=O) groups is 1. The van der Waals surface area contributed by atoms with Gasteiger partial charge in [-0.2, -0.15) is 0 Å². The van der Waals surface area contributed by atoms with Crippen molar-refractivity contribution in [2.24, 2.45) is 5.92 Å². The molecule has 4 nitrogen and oxygen atoms in total. The summed E-state index contributed by atoms with van der Waals surface area (Å²) >= 11 is 0. The molecule has 0 aromatic carbocycles. The molecular formula is C16H25NO3Si. The highest BCUT2D eigenvalue weighted by molar-refractivity contribution is 6.83. The van der Waals surface area contributed by atoms with Gasteiger partial charge < -0.3 is 4.74 Å². The minimum atomic E-state index is -1.38. The van der Waals surface area contributed by atoms with E-state index in [0.29, 0.717) is 6.61 Å². The van der Waals surface area contributed by atoms with Crippen molar-refractivity contribution < 1.29 is 14.4 Å². The Labute approximate surface area is 128 Å². The Hall–Kier alpha value is -1.25. The van der Waals surface area contributed by atoms with Gasteiger partial charge in [0.05, 0.1) is 12.5 Å². The minimum absolute atomic E-state index is 0.0182. The lowest BCUT2D eigenvalue weighted by atomic mass is 9.78. The van der Waals surface area contributed by atoms with Gasteiger partial charge in [-0.1, -0.05) is 25.6 Å². The van der Waals surface area contributed by atoms with Crippen LogP contribution >= 0.6 is 0 Å². The van der Waals surface area contributed by atoms with Crippen molar-refractivity contribution in [2.45, 2.75) is 57.8 Å². The van der Waals surface area contributed by atoms with Crippen molar-refractivity contribution in [3.63, 3.8) is 0 Å². The number of ether oxygens (including phenoxy) is 1. The number of esters is 1. The van der Waals surface area contributed by atoms with Gasteiger partial charge in [-0.25, -0.2) is 0 Å². The summed E-state index contributed by atoms with van der Waals surface area (Å²) in [5.41, 5.74) is 6.87. The Morgan fingerprint density at radius 3 is 2.71 bits per heavy atom. The molecule has 1 saturated carbocycles. The average Bonchev–Trinajstić information content (AvgIpc) is 2.80. The maximum absolute atomic E-state index is 11.8. The van der Waals surface area contributed by atoms with Crippen molar-refractivity contribution in [3.05, 3.63) is 11.8 Å². The third-order valence-electron chi connectivity index (χ3n) is 3.80. The molecule has 1 aliphatic carbocycles. The highest BCUT2D eigenvalue weighted by atomic mass is 28.3. The van der Waals surface area contributed by atoms with E-state index in [1.54, 1.807) is 0 Å². The summed E-state index contributed by atoms with van der Waals surface area (Å²) in [7, 11) is -1.38. The zero-order valence-electron chi connectivity index (χ0n) is 13.4. The molecule has 1 fully saturated rings. The van der Waals surface area contributed by atoms with Gasteiger partial charge in [-0.3, -0.25) is 15.1 Å². The van der Waals surface area contributed by atoms with E-state index in [2.05, 4.69) is 42.7 Å². The highest BCUT2D eigenvalue weighted by Gasteiger charge is 2.41. The topological polar surface area (TPSA) is 47.6 Å². The summed E-state index contributed by atoms with van der Waals surface area (Å²) in [5.74, 6) is 3.14. The summed E-state index contributed by atoms with van der Waals surface area (Å²) in [6.07, 6.45) is 5.39. The van der Waals surface area contributed by atoms with E-state index >= 15 is 0 Å². The number of rotatable bonds is 2. The fourth-order valence-electron chi connectivity index (χ4n) is 2.64. The molecule has 1 N–H and O–H groups in total. The normalized spacial score (nSPS) is 28.4. The van der Waals surface area contributed by atoms with Gasteiger partial charge >= 0.3 is 5.97 Å². The van der Waals surface area contributed by atoms with E-state index in [1.807, 2.05) is 6.92 Å². The molecule has 21 heavy (non-hydrogen) atoms. The first-order valence-corrected chi connectivity index (χ1v) is 11.2. The largest absolute Gasteiger partial charge is 0.466 e. The van der Waals surface area contributed by atoms with Gasteiger partial charge in [0.15, 0.2) is 0 Å². The maximum atomic E-state index is 11.8. The summed E-state index contributed by atoms with van der Waals surface area (Å²) in [6, 6.07) is 0. The van der Waals surface area contributed by atoms with Crippen LogP contribution in [0.15, 0.2) is 11.8 Å². The Morgan fingerprint density at radius 2 is 2.14 bits per heavy atom. The Morgan fingerprint density at radius 1 is 1.48 bits per heavy atom. The van der Waals surface area contributed by atoms with Gasteiger partial charge in [0, 0.05) is 0 Å². The first-order valence-electron chi connectivity index (χ1n) is 7.70. The van der Waals surface area contributed by atoms with Crippen LogP contribution in [0.4, 0.5) is 0 Å². The molecule has 0 saturated heterocycles. The predicted octanol–water partition coefficient (Wildman–Crippen LogP) is 2.78. The maximum Gasteiger partial charge on any atom is 0.308 e. The number of hydroxylamine groups is 1. The number of hydrogen-bond donors (Lipinski definition) is 1. The van der Waals surface area contributed by atoms with Crippen LogP contribution in [0.1, 0.15) is 32.6 Å². The molecule has 5 heteroatoms. The molecule has 116 valence electrons.